The molecule has 4 heteroatoms. The monoisotopic (exact) mass is 813 g/mol. The summed E-state index contributed by atoms with van der Waals surface area (Å²) in [6.07, 6.45) is 15.0. The van der Waals surface area contributed by atoms with Crippen molar-refractivity contribution in [2.75, 3.05) is 0 Å². The molecule has 272 valence electrons. The molecule has 52 heavy (non-hydrogen) atoms. The number of hydrogen-bond donors (Lipinski definition) is 0. The molecule has 3 aromatic carbocycles. The summed E-state index contributed by atoms with van der Waals surface area (Å²) >= 11 is 1.46. The first-order chi connectivity index (χ1) is 23.9. The van der Waals surface area contributed by atoms with E-state index in [4.69, 9.17) is 0 Å². The predicted molar refractivity (Wildman–Crippen MR) is 236 cm³/mol. The Morgan fingerprint density at radius 3 is 1.67 bits per heavy atom. The van der Waals surface area contributed by atoms with Gasteiger partial charge >= 0.3 is 99.2 Å². The Hall–Kier alpha value is -2.24. The van der Waals surface area contributed by atoms with Crippen LogP contribution in [-0.2, 0) is 29.7 Å². The molecule has 0 saturated carbocycles. The van der Waals surface area contributed by atoms with Gasteiger partial charge in [0, 0.05) is 0 Å². The summed E-state index contributed by atoms with van der Waals surface area (Å²) in [6, 6.07) is 26.2. The van der Waals surface area contributed by atoms with Gasteiger partial charge in [0.25, 0.3) is 0 Å². The zero-order chi connectivity index (χ0) is 38.7. The van der Waals surface area contributed by atoms with Crippen LogP contribution in [0.3, 0.4) is 0 Å². The number of fused-ring (bicyclic) bond motifs is 2. The van der Waals surface area contributed by atoms with E-state index >= 15 is 0 Å². The van der Waals surface area contributed by atoms with Gasteiger partial charge in [-0.3, -0.25) is 0 Å². The van der Waals surface area contributed by atoms with E-state index in [0.29, 0.717) is 0 Å². The van der Waals surface area contributed by atoms with Gasteiger partial charge in [0.2, 0.25) is 0 Å². The van der Waals surface area contributed by atoms with E-state index in [9.17, 15) is 0 Å². The summed E-state index contributed by atoms with van der Waals surface area (Å²) in [5.74, 6) is 0. The van der Waals surface area contributed by atoms with Crippen molar-refractivity contribution in [1.29, 1.82) is 0 Å². The molecule has 0 saturated heterocycles. The molecular weight excluding hydrogens is 752 g/mol. The van der Waals surface area contributed by atoms with Crippen LogP contribution in [0, 0.1) is 5.41 Å². The number of allylic oxidation sites excluding steroid dienone is 8. The van der Waals surface area contributed by atoms with Crippen molar-refractivity contribution in [1.82, 2.24) is 0 Å². The van der Waals surface area contributed by atoms with Crippen molar-refractivity contribution in [2.45, 2.75) is 117 Å². The van der Waals surface area contributed by atoms with Gasteiger partial charge in [-0.2, -0.15) is 0 Å². The Kier molecular flexibility index (Phi) is 11.4. The van der Waals surface area contributed by atoms with Crippen LogP contribution in [0.4, 0.5) is 0 Å². The molecule has 0 bridgehead atoms. The Balaban J connectivity index is 0.000000310. The summed E-state index contributed by atoms with van der Waals surface area (Å²) in [5.41, 5.74) is 10.4. The fourth-order valence-corrected chi connectivity index (χ4v) is 20.2. The molecule has 3 aliphatic carbocycles. The van der Waals surface area contributed by atoms with Gasteiger partial charge in [0.1, 0.15) is 0 Å². The maximum atomic E-state index is 4.15. The quantitative estimate of drug-likeness (QED) is 0.172. The third-order valence-electron chi connectivity index (χ3n) is 11.2. The van der Waals surface area contributed by atoms with Crippen LogP contribution in [0.25, 0.3) is 11.6 Å². The average molecular weight is 816 g/mol. The molecule has 0 aliphatic heterocycles. The van der Waals surface area contributed by atoms with Crippen molar-refractivity contribution < 1.29 is 24.2 Å². The fourth-order valence-electron chi connectivity index (χ4n) is 9.17. The van der Waals surface area contributed by atoms with E-state index in [1.165, 1.54) is 71.3 Å². The van der Waals surface area contributed by atoms with Crippen LogP contribution < -0.4 is 15.6 Å². The van der Waals surface area contributed by atoms with Gasteiger partial charge < -0.3 is 0 Å². The van der Waals surface area contributed by atoms with Crippen molar-refractivity contribution in [3.8, 4) is 0 Å². The topological polar surface area (TPSA) is 0 Å². The third kappa shape index (κ3) is 7.66. The summed E-state index contributed by atoms with van der Waals surface area (Å²) in [5, 5.41) is 6.29. The van der Waals surface area contributed by atoms with Crippen molar-refractivity contribution in [3.05, 3.63) is 146 Å². The second kappa shape index (κ2) is 14.4. The van der Waals surface area contributed by atoms with Crippen LogP contribution in [0.15, 0.2) is 119 Å². The zero-order valence-electron chi connectivity index (χ0n) is 34.9. The molecular formula is C48H63Si3Zr-. The SMILES string of the molecule is CC(C)(C)c1cc([Si](C)(C)C)c2c(c1)=[C-]C1=C(C3=CC=CC3)C(C(C)(C)C)([Si](C)(C)C)C([Si](C)(C)C)=CC=21.[Zr]=[C](c1ccccc1)c1ccccc1. The van der Waals surface area contributed by atoms with Crippen molar-refractivity contribution in [2.24, 2.45) is 5.41 Å². The molecule has 0 amide bonds. The molecule has 0 fully saturated rings. The normalized spacial score (nSPS) is 18.9. The van der Waals surface area contributed by atoms with Crippen LogP contribution >= 0.6 is 0 Å². The Morgan fingerprint density at radius 2 is 1.27 bits per heavy atom. The van der Waals surface area contributed by atoms with E-state index in [1.807, 2.05) is 0 Å². The molecule has 1 atom stereocenters. The standard InChI is InChI=1S/C35H53Si3.C13H10.Zr/c1-33(2,3)26-20-25-21-28-27(31(25)29(22-26)36(7,8)9)23-30(37(10,11)12)35(34(4,5)6,38(13,14)15)32(28)24-18-16-17-19-24;1-3-7-12(8-4-1)11-13-9-5-2-6-10-13;/h16-18,20,22-23H,19H2,1-15H3;1-10H;/q-1;;. The molecule has 0 spiro atoms. The molecule has 6 rings (SSSR count). The van der Waals surface area contributed by atoms with Gasteiger partial charge in [-0.15, -0.1) is 33.7 Å². The van der Waals surface area contributed by atoms with Gasteiger partial charge in [-0.05, 0) is 22.3 Å². The predicted octanol–water partition coefficient (Wildman–Crippen LogP) is 11.3. The van der Waals surface area contributed by atoms with Crippen LogP contribution in [-0.4, -0.2) is 27.4 Å². The Labute approximate surface area is 335 Å². The van der Waals surface area contributed by atoms with Gasteiger partial charge in [0.05, 0.1) is 24.2 Å². The second-order valence-electron chi connectivity index (χ2n) is 20.2. The van der Waals surface area contributed by atoms with Crippen LogP contribution in [0.1, 0.15) is 64.7 Å². The first kappa shape index (κ1) is 40.9. The van der Waals surface area contributed by atoms with Crippen molar-refractivity contribution >= 4 is 44.3 Å². The van der Waals surface area contributed by atoms with Gasteiger partial charge in [-0.1, -0.05) is 158 Å². The summed E-state index contributed by atoms with van der Waals surface area (Å²) in [6.45, 7) is 37.9. The molecule has 0 aromatic heterocycles. The molecule has 0 radical (unpaired) electrons. The van der Waals surface area contributed by atoms with E-state index in [1.54, 1.807) is 16.0 Å². The maximum absolute atomic E-state index is 4.15. The first-order valence-electron chi connectivity index (χ1n) is 19.3. The molecule has 0 nitrogen and oxygen atoms in total. The summed E-state index contributed by atoms with van der Waals surface area (Å²) in [7, 11) is -5.14. The Morgan fingerprint density at radius 1 is 0.731 bits per heavy atom. The number of rotatable bonds is 6. The van der Waals surface area contributed by atoms with E-state index in [2.05, 4.69) is 204 Å². The minimum atomic E-state index is -1.80. The third-order valence-corrected chi connectivity index (χ3v) is 20.5. The Bertz CT molecular complexity index is 2050. The van der Waals surface area contributed by atoms with Crippen LogP contribution in [0.5, 0.6) is 0 Å². The van der Waals surface area contributed by atoms with E-state index in [-0.39, 0.29) is 15.9 Å². The molecule has 0 heterocycles. The summed E-state index contributed by atoms with van der Waals surface area (Å²) in [4.78, 5) is 0. The minimum absolute atomic E-state index is 0.0579. The van der Waals surface area contributed by atoms with E-state index < -0.39 is 24.2 Å². The second-order valence-corrected chi connectivity index (χ2v) is 36.8. The molecule has 3 aromatic rings. The van der Waals surface area contributed by atoms with Gasteiger partial charge in [0.15, 0.2) is 0 Å². The average Bonchev–Trinajstić information content (AvgIpc) is 3.70. The fraction of sp³-hybridized carbons (Fsp3) is 0.396. The zero-order valence-corrected chi connectivity index (χ0v) is 40.4. The van der Waals surface area contributed by atoms with Crippen LogP contribution in [0.2, 0.25) is 64.0 Å². The molecule has 1 unspecified atom stereocenters. The molecule has 0 N–H and O–H groups in total. The summed E-state index contributed by atoms with van der Waals surface area (Å²) < 4.78 is 1.42. The van der Waals surface area contributed by atoms with Crippen molar-refractivity contribution in [3.63, 3.8) is 0 Å². The number of hydrogen-bond acceptors (Lipinski definition) is 0. The first-order valence-corrected chi connectivity index (χ1v) is 31.0. The van der Waals surface area contributed by atoms with Gasteiger partial charge in [-0.25, -0.2) is 0 Å². The number of benzene rings is 3. The molecule has 3 aliphatic rings. The van der Waals surface area contributed by atoms with E-state index in [0.717, 1.165) is 6.42 Å².